The second-order valence-corrected chi connectivity index (χ2v) is 6.30. The zero-order chi connectivity index (χ0) is 13.3. The van der Waals surface area contributed by atoms with Gasteiger partial charge in [0, 0.05) is 12.6 Å². The Morgan fingerprint density at radius 3 is 2.68 bits per heavy atom. The first-order valence-corrected chi connectivity index (χ1v) is 7.61. The first-order valence-electron chi connectivity index (χ1n) is 7.61. The summed E-state index contributed by atoms with van der Waals surface area (Å²) in [5.74, 6) is 1.46. The van der Waals surface area contributed by atoms with Gasteiger partial charge in [-0.25, -0.2) is 0 Å². The van der Waals surface area contributed by atoms with Crippen LogP contribution < -0.4 is 5.32 Å². The molecule has 2 heteroatoms. The van der Waals surface area contributed by atoms with E-state index in [-0.39, 0.29) is 5.60 Å². The van der Waals surface area contributed by atoms with Crippen molar-refractivity contribution in [3.8, 4) is 0 Å². The number of hydrogen-bond acceptors (Lipinski definition) is 2. The van der Waals surface area contributed by atoms with Gasteiger partial charge in [-0.3, -0.25) is 0 Å². The largest absolute Gasteiger partial charge is 0.374 e. The number of nitrogens with one attached hydrogen (secondary N) is 1. The van der Waals surface area contributed by atoms with Gasteiger partial charge in [0.05, 0.1) is 5.60 Å². The Kier molecular flexibility index (Phi) is 3.64. The Morgan fingerprint density at radius 2 is 2.05 bits per heavy atom. The molecule has 1 aromatic carbocycles. The van der Waals surface area contributed by atoms with E-state index in [1.165, 1.54) is 31.2 Å². The fourth-order valence-corrected chi connectivity index (χ4v) is 3.84. The van der Waals surface area contributed by atoms with Crippen LogP contribution in [-0.2, 0) is 4.74 Å². The molecule has 4 atom stereocenters. The maximum absolute atomic E-state index is 6.14. The highest BCUT2D eigenvalue weighted by molar-refractivity contribution is 5.27. The first kappa shape index (κ1) is 13.1. The zero-order valence-electron chi connectivity index (χ0n) is 12.1. The van der Waals surface area contributed by atoms with Crippen LogP contribution >= 0.6 is 0 Å². The molecule has 2 nitrogen and oxygen atoms in total. The highest BCUT2D eigenvalue weighted by Gasteiger charge is 2.51. The van der Waals surface area contributed by atoms with Crippen LogP contribution in [0.25, 0.3) is 0 Å². The van der Waals surface area contributed by atoms with Crippen molar-refractivity contribution in [2.75, 3.05) is 13.7 Å². The Hall–Kier alpha value is -0.860. The lowest BCUT2D eigenvalue weighted by atomic mass is 9.84. The summed E-state index contributed by atoms with van der Waals surface area (Å²) in [5, 5.41) is 3.55. The maximum Gasteiger partial charge on any atom is 0.0809 e. The minimum absolute atomic E-state index is 0.0290. The van der Waals surface area contributed by atoms with Crippen molar-refractivity contribution >= 4 is 0 Å². The van der Waals surface area contributed by atoms with Gasteiger partial charge in [0.15, 0.2) is 0 Å². The molecule has 1 saturated carbocycles. The molecule has 1 aromatic rings. The van der Waals surface area contributed by atoms with Crippen LogP contribution in [-0.4, -0.2) is 25.3 Å². The van der Waals surface area contributed by atoms with E-state index >= 15 is 0 Å². The lowest BCUT2D eigenvalue weighted by molar-refractivity contribution is -0.0919. The molecule has 1 heterocycles. The molecule has 0 bridgehead atoms. The number of ether oxygens (including phenoxy) is 1. The minimum atomic E-state index is 0.0290. The smallest absolute Gasteiger partial charge is 0.0809 e. The summed E-state index contributed by atoms with van der Waals surface area (Å²) < 4.78 is 6.14. The minimum Gasteiger partial charge on any atom is -0.374 e. The zero-order valence-corrected chi connectivity index (χ0v) is 12.1. The normalized spacial score (nSPS) is 35.9. The van der Waals surface area contributed by atoms with Crippen molar-refractivity contribution in [3.05, 3.63) is 35.9 Å². The van der Waals surface area contributed by atoms with E-state index in [9.17, 15) is 0 Å². The van der Waals surface area contributed by atoms with Gasteiger partial charge in [0.2, 0.25) is 0 Å². The molecule has 104 valence electrons. The monoisotopic (exact) mass is 259 g/mol. The third-order valence-electron chi connectivity index (χ3n) is 4.96. The fraction of sp³-hybridized carbons (Fsp3) is 0.647. The van der Waals surface area contributed by atoms with Crippen molar-refractivity contribution in [1.82, 2.24) is 5.32 Å². The predicted molar refractivity (Wildman–Crippen MR) is 78.3 cm³/mol. The van der Waals surface area contributed by atoms with Gasteiger partial charge in [0.25, 0.3) is 0 Å². The molecule has 4 unspecified atom stereocenters. The summed E-state index contributed by atoms with van der Waals surface area (Å²) in [7, 11) is 2.09. The van der Waals surface area contributed by atoms with Crippen LogP contribution in [0.3, 0.4) is 0 Å². The molecule has 3 rings (SSSR count). The SMILES string of the molecule is CNC(C1CC1c1ccccc1)C1(C)CCCCO1. The molecule has 1 aliphatic heterocycles. The number of rotatable bonds is 4. The lowest BCUT2D eigenvalue weighted by Gasteiger charge is -2.41. The van der Waals surface area contributed by atoms with Crippen LogP contribution in [0.5, 0.6) is 0 Å². The number of benzene rings is 1. The van der Waals surface area contributed by atoms with Crippen LogP contribution in [0, 0.1) is 5.92 Å². The van der Waals surface area contributed by atoms with Gasteiger partial charge in [-0.15, -0.1) is 0 Å². The second kappa shape index (κ2) is 5.26. The summed E-state index contributed by atoms with van der Waals surface area (Å²) in [6.45, 7) is 3.23. The average Bonchev–Trinajstić information content (AvgIpc) is 3.21. The summed E-state index contributed by atoms with van der Waals surface area (Å²) in [6.07, 6.45) is 5.02. The molecule has 0 aromatic heterocycles. The van der Waals surface area contributed by atoms with Gasteiger partial charge in [-0.1, -0.05) is 30.3 Å². The summed E-state index contributed by atoms with van der Waals surface area (Å²) in [6, 6.07) is 11.4. The molecule has 1 aliphatic carbocycles. The highest BCUT2D eigenvalue weighted by atomic mass is 16.5. The molecule has 2 fully saturated rings. The summed E-state index contributed by atoms with van der Waals surface area (Å²) >= 11 is 0. The Bertz CT molecular complexity index is 411. The van der Waals surface area contributed by atoms with Crippen molar-refractivity contribution < 1.29 is 4.74 Å². The van der Waals surface area contributed by atoms with Crippen LogP contribution in [0.15, 0.2) is 30.3 Å². The molecule has 0 amide bonds. The number of hydrogen-bond donors (Lipinski definition) is 1. The van der Waals surface area contributed by atoms with Crippen LogP contribution in [0.1, 0.15) is 44.1 Å². The topological polar surface area (TPSA) is 21.3 Å². The number of likely N-dealkylation sites (N-methyl/N-ethyl adjacent to an activating group) is 1. The van der Waals surface area contributed by atoms with Crippen molar-refractivity contribution in [1.29, 1.82) is 0 Å². The van der Waals surface area contributed by atoms with Gasteiger partial charge in [-0.05, 0) is 57.1 Å². The fourth-order valence-electron chi connectivity index (χ4n) is 3.84. The van der Waals surface area contributed by atoms with E-state index in [1.807, 2.05) is 0 Å². The van der Waals surface area contributed by atoms with E-state index in [0.29, 0.717) is 6.04 Å². The Morgan fingerprint density at radius 1 is 1.26 bits per heavy atom. The lowest BCUT2D eigenvalue weighted by Crippen LogP contribution is -2.52. The predicted octanol–water partition coefficient (Wildman–Crippen LogP) is 3.34. The third kappa shape index (κ3) is 2.56. The highest BCUT2D eigenvalue weighted by Crippen LogP contribution is 2.52. The third-order valence-corrected chi connectivity index (χ3v) is 4.96. The van der Waals surface area contributed by atoms with Gasteiger partial charge in [-0.2, -0.15) is 0 Å². The summed E-state index contributed by atoms with van der Waals surface area (Å²) in [4.78, 5) is 0. The van der Waals surface area contributed by atoms with Gasteiger partial charge in [0.1, 0.15) is 0 Å². The van der Waals surface area contributed by atoms with E-state index in [2.05, 4.69) is 49.6 Å². The van der Waals surface area contributed by atoms with Crippen molar-refractivity contribution in [3.63, 3.8) is 0 Å². The van der Waals surface area contributed by atoms with E-state index in [0.717, 1.165) is 18.4 Å². The molecule has 2 aliphatic rings. The molecule has 0 radical (unpaired) electrons. The van der Waals surface area contributed by atoms with E-state index in [4.69, 9.17) is 4.74 Å². The van der Waals surface area contributed by atoms with E-state index in [1.54, 1.807) is 0 Å². The van der Waals surface area contributed by atoms with Crippen LogP contribution in [0.4, 0.5) is 0 Å². The second-order valence-electron chi connectivity index (χ2n) is 6.30. The Balaban J connectivity index is 1.71. The van der Waals surface area contributed by atoms with E-state index < -0.39 is 0 Å². The molecular formula is C17H25NO. The van der Waals surface area contributed by atoms with Crippen molar-refractivity contribution in [2.24, 2.45) is 5.92 Å². The Labute approximate surface area is 116 Å². The average molecular weight is 259 g/mol. The molecule has 0 spiro atoms. The van der Waals surface area contributed by atoms with Gasteiger partial charge >= 0.3 is 0 Å². The van der Waals surface area contributed by atoms with Gasteiger partial charge < -0.3 is 10.1 Å². The standard InChI is InChI=1S/C17H25NO/c1-17(10-6-7-11-19-17)16(18-2)15-12-14(15)13-8-4-3-5-9-13/h3-5,8-9,14-16,18H,6-7,10-12H2,1-2H3. The summed E-state index contributed by atoms with van der Waals surface area (Å²) in [5.41, 5.74) is 1.52. The molecule has 1 N–H and O–H groups in total. The molecular weight excluding hydrogens is 234 g/mol. The quantitative estimate of drug-likeness (QED) is 0.895. The first-order chi connectivity index (χ1) is 9.24. The maximum atomic E-state index is 6.14. The molecule has 19 heavy (non-hydrogen) atoms. The molecule has 1 saturated heterocycles. The van der Waals surface area contributed by atoms with Crippen molar-refractivity contribution in [2.45, 2.75) is 50.2 Å². The van der Waals surface area contributed by atoms with Crippen LogP contribution in [0.2, 0.25) is 0 Å².